The first-order chi connectivity index (χ1) is 11.8. The first-order valence-electron chi connectivity index (χ1n) is 7.75. The molecular formula is C18H20ClN3O3. The number of nitro benzene ring substituents is 1. The topological polar surface area (TPSA) is 75.5 Å². The van der Waals surface area contributed by atoms with E-state index in [0.717, 1.165) is 11.1 Å². The van der Waals surface area contributed by atoms with Gasteiger partial charge in [-0.15, -0.1) is 0 Å². The Balaban J connectivity index is 2.07. The third kappa shape index (κ3) is 5.01. The summed E-state index contributed by atoms with van der Waals surface area (Å²) >= 11 is 5.96. The van der Waals surface area contributed by atoms with Gasteiger partial charge in [0.15, 0.2) is 0 Å². The van der Waals surface area contributed by atoms with Gasteiger partial charge in [0.05, 0.1) is 11.5 Å². The molecule has 7 heteroatoms. The number of nitrogens with one attached hydrogen (secondary N) is 1. The number of benzene rings is 2. The lowest BCUT2D eigenvalue weighted by molar-refractivity contribution is -0.384. The van der Waals surface area contributed by atoms with Crippen LogP contribution in [0.15, 0.2) is 36.4 Å². The maximum Gasteiger partial charge on any atom is 0.293 e. The van der Waals surface area contributed by atoms with E-state index in [-0.39, 0.29) is 23.8 Å². The van der Waals surface area contributed by atoms with E-state index in [2.05, 4.69) is 5.32 Å². The van der Waals surface area contributed by atoms with E-state index in [1.807, 2.05) is 30.0 Å². The van der Waals surface area contributed by atoms with Crippen molar-refractivity contribution in [2.24, 2.45) is 0 Å². The Labute approximate surface area is 151 Å². The lowest BCUT2D eigenvalue weighted by Crippen LogP contribution is -2.30. The third-order valence-corrected chi connectivity index (χ3v) is 4.17. The summed E-state index contributed by atoms with van der Waals surface area (Å²) in [6.45, 7) is 4.26. The molecule has 0 saturated heterocycles. The molecule has 2 rings (SSSR count). The van der Waals surface area contributed by atoms with Crippen molar-refractivity contribution in [1.29, 1.82) is 0 Å². The first-order valence-corrected chi connectivity index (χ1v) is 8.13. The van der Waals surface area contributed by atoms with Gasteiger partial charge in [-0.1, -0.05) is 29.8 Å². The average Bonchev–Trinajstić information content (AvgIpc) is 2.51. The number of aryl methyl sites for hydroxylation is 1. The molecule has 1 amide bonds. The number of hydrogen-bond donors (Lipinski definition) is 1. The number of nitro groups is 1. The number of anilines is 1. The number of hydrogen-bond acceptors (Lipinski definition) is 4. The van der Waals surface area contributed by atoms with Crippen LogP contribution in [0.3, 0.4) is 0 Å². The molecule has 0 unspecified atom stereocenters. The number of amides is 1. The number of likely N-dealkylation sites (N-methyl/N-ethyl adjacent to an activating group) is 1. The van der Waals surface area contributed by atoms with Gasteiger partial charge in [0.25, 0.3) is 5.69 Å². The molecule has 0 fully saturated rings. The molecule has 0 atom stereocenters. The molecule has 1 N–H and O–H groups in total. The Hall–Kier alpha value is -2.44. The van der Waals surface area contributed by atoms with Crippen LogP contribution in [-0.2, 0) is 11.3 Å². The Morgan fingerprint density at radius 3 is 2.64 bits per heavy atom. The molecule has 0 saturated carbocycles. The first kappa shape index (κ1) is 18.9. The predicted octanol–water partition coefficient (Wildman–Crippen LogP) is 3.94. The van der Waals surface area contributed by atoms with E-state index in [1.165, 1.54) is 6.07 Å². The molecule has 0 aliphatic carbocycles. The highest BCUT2D eigenvalue weighted by atomic mass is 35.5. The van der Waals surface area contributed by atoms with Crippen molar-refractivity contribution in [3.8, 4) is 0 Å². The quantitative estimate of drug-likeness (QED) is 0.624. The predicted molar refractivity (Wildman–Crippen MR) is 99.0 cm³/mol. The van der Waals surface area contributed by atoms with Gasteiger partial charge in [0.1, 0.15) is 5.69 Å². The molecule has 0 aliphatic rings. The fourth-order valence-corrected chi connectivity index (χ4v) is 2.75. The van der Waals surface area contributed by atoms with Crippen LogP contribution in [0.4, 0.5) is 11.4 Å². The second-order valence-corrected chi connectivity index (χ2v) is 6.45. The largest absolute Gasteiger partial charge is 0.319 e. The van der Waals surface area contributed by atoms with Crippen molar-refractivity contribution in [2.75, 3.05) is 18.9 Å². The van der Waals surface area contributed by atoms with Crippen molar-refractivity contribution in [3.63, 3.8) is 0 Å². The Morgan fingerprint density at radius 1 is 1.28 bits per heavy atom. The third-order valence-electron chi connectivity index (χ3n) is 3.93. The summed E-state index contributed by atoms with van der Waals surface area (Å²) in [4.78, 5) is 24.8. The number of rotatable bonds is 6. The fraction of sp³-hybridized carbons (Fsp3) is 0.278. The fourth-order valence-electron chi connectivity index (χ4n) is 2.54. The van der Waals surface area contributed by atoms with E-state index < -0.39 is 4.92 Å². The SMILES string of the molecule is Cc1ccc([N+](=O)[O-])c(NC(=O)CN(C)Cc2cccc(Cl)c2)c1C. The van der Waals surface area contributed by atoms with Crippen LogP contribution in [0.1, 0.15) is 16.7 Å². The lowest BCUT2D eigenvalue weighted by atomic mass is 10.1. The van der Waals surface area contributed by atoms with Gasteiger partial charge in [-0.05, 0) is 49.7 Å². The van der Waals surface area contributed by atoms with Crippen LogP contribution in [0.2, 0.25) is 5.02 Å². The zero-order valence-electron chi connectivity index (χ0n) is 14.4. The lowest BCUT2D eigenvalue weighted by Gasteiger charge is -2.17. The minimum atomic E-state index is -0.488. The van der Waals surface area contributed by atoms with Gasteiger partial charge in [-0.25, -0.2) is 0 Å². The van der Waals surface area contributed by atoms with Crippen molar-refractivity contribution in [3.05, 3.63) is 68.2 Å². The van der Waals surface area contributed by atoms with Crippen molar-refractivity contribution >= 4 is 28.9 Å². The van der Waals surface area contributed by atoms with E-state index >= 15 is 0 Å². The second-order valence-electron chi connectivity index (χ2n) is 6.01. The monoisotopic (exact) mass is 361 g/mol. The van der Waals surface area contributed by atoms with Crippen LogP contribution in [0.25, 0.3) is 0 Å². The van der Waals surface area contributed by atoms with Gasteiger partial charge in [0, 0.05) is 17.6 Å². The maximum atomic E-state index is 12.3. The van der Waals surface area contributed by atoms with Crippen molar-refractivity contribution in [2.45, 2.75) is 20.4 Å². The number of nitrogens with zero attached hydrogens (tertiary/aromatic N) is 2. The molecule has 132 valence electrons. The molecule has 25 heavy (non-hydrogen) atoms. The van der Waals surface area contributed by atoms with E-state index in [4.69, 9.17) is 11.6 Å². The standard InChI is InChI=1S/C18H20ClN3O3/c1-12-7-8-16(22(24)25)18(13(12)2)20-17(23)11-21(3)10-14-5-4-6-15(19)9-14/h4-9H,10-11H2,1-3H3,(H,20,23). The number of carbonyl (C=O) groups excluding carboxylic acids is 1. The van der Waals surface area contributed by atoms with Crippen LogP contribution in [0.5, 0.6) is 0 Å². The van der Waals surface area contributed by atoms with Crippen LogP contribution in [-0.4, -0.2) is 29.3 Å². The summed E-state index contributed by atoms with van der Waals surface area (Å²) in [5.74, 6) is -0.304. The summed E-state index contributed by atoms with van der Waals surface area (Å²) in [5.41, 5.74) is 2.72. The van der Waals surface area contributed by atoms with Gasteiger partial charge in [0.2, 0.25) is 5.91 Å². The zero-order valence-corrected chi connectivity index (χ0v) is 15.1. The molecule has 0 bridgehead atoms. The summed E-state index contributed by atoms with van der Waals surface area (Å²) in [6, 6.07) is 10.5. The smallest absolute Gasteiger partial charge is 0.293 e. The second kappa shape index (κ2) is 8.09. The molecule has 6 nitrogen and oxygen atoms in total. The highest BCUT2D eigenvalue weighted by Crippen LogP contribution is 2.30. The Bertz CT molecular complexity index is 808. The molecule has 0 radical (unpaired) electrons. The summed E-state index contributed by atoms with van der Waals surface area (Å²) < 4.78 is 0. The molecule has 2 aromatic carbocycles. The molecule has 0 aliphatic heterocycles. The highest BCUT2D eigenvalue weighted by molar-refractivity contribution is 6.30. The molecule has 2 aromatic rings. The van der Waals surface area contributed by atoms with E-state index in [1.54, 1.807) is 26.1 Å². The molecule has 0 heterocycles. The molecule has 0 spiro atoms. The van der Waals surface area contributed by atoms with Gasteiger partial charge in [-0.2, -0.15) is 0 Å². The summed E-state index contributed by atoms with van der Waals surface area (Å²) in [6.07, 6.45) is 0. The summed E-state index contributed by atoms with van der Waals surface area (Å²) in [5, 5.41) is 14.5. The van der Waals surface area contributed by atoms with Crippen molar-refractivity contribution < 1.29 is 9.72 Å². The number of carbonyl (C=O) groups is 1. The zero-order chi connectivity index (χ0) is 18.6. The minimum absolute atomic E-state index is 0.103. The van der Waals surface area contributed by atoms with E-state index in [9.17, 15) is 14.9 Å². The number of halogens is 1. The average molecular weight is 362 g/mol. The minimum Gasteiger partial charge on any atom is -0.319 e. The van der Waals surface area contributed by atoms with Crippen LogP contribution in [0, 0.1) is 24.0 Å². The van der Waals surface area contributed by atoms with Gasteiger partial charge in [-0.3, -0.25) is 19.8 Å². The van der Waals surface area contributed by atoms with Crippen LogP contribution < -0.4 is 5.32 Å². The maximum absolute atomic E-state index is 12.3. The van der Waals surface area contributed by atoms with Gasteiger partial charge >= 0.3 is 0 Å². The Morgan fingerprint density at radius 2 is 2.00 bits per heavy atom. The molecular weight excluding hydrogens is 342 g/mol. The normalized spacial score (nSPS) is 10.8. The molecule has 0 aromatic heterocycles. The summed E-state index contributed by atoms with van der Waals surface area (Å²) in [7, 11) is 1.80. The van der Waals surface area contributed by atoms with E-state index in [0.29, 0.717) is 17.1 Å². The van der Waals surface area contributed by atoms with Gasteiger partial charge < -0.3 is 5.32 Å². The van der Waals surface area contributed by atoms with Crippen molar-refractivity contribution in [1.82, 2.24) is 4.90 Å². The Kier molecular flexibility index (Phi) is 6.12. The van der Waals surface area contributed by atoms with Crippen LogP contribution >= 0.6 is 11.6 Å². The highest BCUT2D eigenvalue weighted by Gasteiger charge is 2.20.